The summed E-state index contributed by atoms with van der Waals surface area (Å²) in [6, 6.07) is 0. The highest BCUT2D eigenvalue weighted by atomic mass is 32.1. The molecule has 1 aliphatic rings. The average Bonchev–Trinajstić information content (AvgIpc) is 2.87. The molecule has 14 heavy (non-hydrogen) atoms. The largest absolute Gasteiger partial charge is 0.317 e. The third kappa shape index (κ3) is 3.03. The first-order valence-corrected chi connectivity index (χ1v) is 6.22. The van der Waals surface area contributed by atoms with Gasteiger partial charge in [-0.15, -0.1) is 21.5 Å². The van der Waals surface area contributed by atoms with E-state index in [9.17, 15) is 0 Å². The van der Waals surface area contributed by atoms with Crippen molar-refractivity contribution in [2.75, 3.05) is 13.1 Å². The summed E-state index contributed by atoms with van der Waals surface area (Å²) in [6.07, 6.45) is 4.98. The lowest BCUT2D eigenvalue weighted by atomic mass is 10.3. The molecule has 2 rings (SSSR count). The molecule has 1 heterocycles. The highest BCUT2D eigenvalue weighted by Gasteiger charge is 2.23. The lowest BCUT2D eigenvalue weighted by molar-refractivity contribution is 0.709. The Labute approximate surface area is 88.9 Å². The number of nitrogens with zero attached hydrogens (tertiary/aromatic N) is 2. The Kier molecular flexibility index (Phi) is 3.48. The van der Waals surface area contributed by atoms with Gasteiger partial charge in [0.15, 0.2) is 0 Å². The zero-order valence-corrected chi connectivity index (χ0v) is 9.44. The van der Waals surface area contributed by atoms with E-state index in [0.29, 0.717) is 0 Å². The molecule has 0 aromatic carbocycles. The second kappa shape index (κ2) is 4.84. The molecule has 0 spiro atoms. The molecule has 1 aromatic heterocycles. The van der Waals surface area contributed by atoms with Crippen molar-refractivity contribution < 1.29 is 0 Å². The molecule has 0 atom stereocenters. The third-order valence-corrected chi connectivity index (χ3v) is 3.44. The van der Waals surface area contributed by atoms with Gasteiger partial charge in [-0.2, -0.15) is 0 Å². The number of rotatable bonds is 6. The maximum atomic E-state index is 4.22. The fraction of sp³-hybridized carbons (Fsp3) is 0.800. The van der Waals surface area contributed by atoms with Crippen LogP contribution in [0.5, 0.6) is 0 Å². The Morgan fingerprint density at radius 3 is 2.86 bits per heavy atom. The molecule has 1 saturated carbocycles. The van der Waals surface area contributed by atoms with Gasteiger partial charge in [0, 0.05) is 19.4 Å². The molecule has 3 nitrogen and oxygen atoms in total. The monoisotopic (exact) mass is 211 g/mol. The van der Waals surface area contributed by atoms with Gasteiger partial charge in [-0.3, -0.25) is 0 Å². The summed E-state index contributed by atoms with van der Waals surface area (Å²) in [4.78, 5) is 0. The number of aromatic nitrogens is 2. The molecule has 0 unspecified atom stereocenters. The van der Waals surface area contributed by atoms with Crippen molar-refractivity contribution in [3.8, 4) is 0 Å². The molecule has 0 aliphatic heterocycles. The molecule has 0 radical (unpaired) electrons. The molecule has 1 aromatic rings. The van der Waals surface area contributed by atoms with Crippen molar-refractivity contribution in [3.63, 3.8) is 0 Å². The average molecular weight is 211 g/mol. The van der Waals surface area contributed by atoms with Crippen LogP contribution in [-0.4, -0.2) is 23.3 Å². The summed E-state index contributed by atoms with van der Waals surface area (Å²) in [5.74, 6) is 0.921. The number of likely N-dealkylation sites (N-methyl/N-ethyl adjacent to an activating group) is 1. The van der Waals surface area contributed by atoms with Gasteiger partial charge in [0.1, 0.15) is 10.0 Å². The summed E-state index contributed by atoms with van der Waals surface area (Å²) in [6.45, 7) is 4.18. The van der Waals surface area contributed by atoms with Crippen molar-refractivity contribution in [3.05, 3.63) is 10.0 Å². The third-order valence-electron chi connectivity index (χ3n) is 2.43. The van der Waals surface area contributed by atoms with E-state index in [1.54, 1.807) is 11.3 Å². The molecule has 1 N–H and O–H groups in total. The fourth-order valence-corrected chi connectivity index (χ4v) is 2.37. The molecule has 78 valence electrons. The van der Waals surface area contributed by atoms with Gasteiger partial charge in [-0.1, -0.05) is 6.92 Å². The van der Waals surface area contributed by atoms with Crippen molar-refractivity contribution in [1.29, 1.82) is 0 Å². The highest BCUT2D eigenvalue weighted by molar-refractivity contribution is 7.11. The summed E-state index contributed by atoms with van der Waals surface area (Å²) in [7, 11) is 0. The SMILES string of the molecule is CCNCCc1nnc(CC2CC2)s1. The quantitative estimate of drug-likeness (QED) is 0.727. The van der Waals surface area contributed by atoms with E-state index >= 15 is 0 Å². The van der Waals surface area contributed by atoms with E-state index in [1.807, 2.05) is 0 Å². The van der Waals surface area contributed by atoms with Crippen LogP contribution in [0.2, 0.25) is 0 Å². The topological polar surface area (TPSA) is 37.8 Å². The van der Waals surface area contributed by atoms with E-state index < -0.39 is 0 Å². The van der Waals surface area contributed by atoms with E-state index in [-0.39, 0.29) is 0 Å². The normalized spacial score (nSPS) is 16.1. The maximum absolute atomic E-state index is 4.22. The lowest BCUT2D eigenvalue weighted by Crippen LogP contribution is -2.15. The van der Waals surface area contributed by atoms with Crippen LogP contribution >= 0.6 is 11.3 Å². The van der Waals surface area contributed by atoms with E-state index in [4.69, 9.17) is 0 Å². The van der Waals surface area contributed by atoms with Gasteiger partial charge in [0.25, 0.3) is 0 Å². The van der Waals surface area contributed by atoms with Crippen LogP contribution in [0.15, 0.2) is 0 Å². The lowest BCUT2D eigenvalue weighted by Gasteiger charge is -1.95. The molecule has 0 bridgehead atoms. The van der Waals surface area contributed by atoms with Gasteiger partial charge in [-0.05, 0) is 25.3 Å². The number of nitrogens with one attached hydrogen (secondary N) is 1. The smallest absolute Gasteiger partial charge is 0.118 e. The van der Waals surface area contributed by atoms with Crippen LogP contribution in [0.3, 0.4) is 0 Å². The fourth-order valence-electron chi connectivity index (χ4n) is 1.41. The Balaban J connectivity index is 1.76. The van der Waals surface area contributed by atoms with Gasteiger partial charge in [0.05, 0.1) is 0 Å². The van der Waals surface area contributed by atoms with Gasteiger partial charge >= 0.3 is 0 Å². The molecule has 1 fully saturated rings. The van der Waals surface area contributed by atoms with Crippen molar-refractivity contribution >= 4 is 11.3 Å². The van der Waals surface area contributed by atoms with Crippen LogP contribution < -0.4 is 5.32 Å². The molecule has 1 aliphatic carbocycles. The predicted octanol–water partition coefficient (Wildman–Crippen LogP) is 1.64. The molecule has 0 amide bonds. The summed E-state index contributed by atoms with van der Waals surface area (Å²) in [5, 5.41) is 14.1. The van der Waals surface area contributed by atoms with E-state index in [1.165, 1.54) is 29.3 Å². The van der Waals surface area contributed by atoms with Crippen LogP contribution in [0.4, 0.5) is 0 Å². The Morgan fingerprint density at radius 2 is 2.14 bits per heavy atom. The van der Waals surface area contributed by atoms with Crippen LogP contribution in [0, 0.1) is 5.92 Å². The first-order chi connectivity index (χ1) is 6.88. The van der Waals surface area contributed by atoms with Crippen molar-refractivity contribution in [1.82, 2.24) is 15.5 Å². The minimum absolute atomic E-state index is 0.921. The number of hydrogen-bond donors (Lipinski definition) is 1. The van der Waals surface area contributed by atoms with Crippen molar-refractivity contribution in [2.24, 2.45) is 5.92 Å². The second-order valence-electron chi connectivity index (χ2n) is 3.84. The molecular weight excluding hydrogens is 194 g/mol. The molecule has 0 saturated heterocycles. The van der Waals surface area contributed by atoms with Gasteiger partial charge < -0.3 is 5.32 Å². The molecular formula is C10H17N3S. The minimum atomic E-state index is 0.921. The van der Waals surface area contributed by atoms with Gasteiger partial charge in [0.2, 0.25) is 0 Å². The Morgan fingerprint density at radius 1 is 1.36 bits per heavy atom. The maximum Gasteiger partial charge on any atom is 0.118 e. The molecule has 4 heteroatoms. The Hall–Kier alpha value is -0.480. The zero-order chi connectivity index (χ0) is 9.80. The zero-order valence-electron chi connectivity index (χ0n) is 8.62. The van der Waals surface area contributed by atoms with Gasteiger partial charge in [-0.25, -0.2) is 0 Å². The van der Waals surface area contributed by atoms with E-state index in [2.05, 4.69) is 22.4 Å². The van der Waals surface area contributed by atoms with Crippen molar-refractivity contribution in [2.45, 2.75) is 32.6 Å². The predicted molar refractivity (Wildman–Crippen MR) is 58.6 cm³/mol. The van der Waals surface area contributed by atoms with Crippen LogP contribution in [0.1, 0.15) is 29.8 Å². The standard InChI is InChI=1S/C10H17N3S/c1-2-11-6-5-9-12-13-10(14-9)7-8-3-4-8/h8,11H,2-7H2,1H3. The van der Waals surface area contributed by atoms with Crippen LogP contribution in [-0.2, 0) is 12.8 Å². The van der Waals surface area contributed by atoms with Crippen LogP contribution in [0.25, 0.3) is 0 Å². The Bertz CT molecular complexity index is 281. The van der Waals surface area contributed by atoms with E-state index in [0.717, 1.165) is 25.4 Å². The first kappa shape index (κ1) is 10.1. The second-order valence-corrected chi connectivity index (χ2v) is 4.99. The highest BCUT2D eigenvalue weighted by Crippen LogP contribution is 2.33. The number of hydrogen-bond acceptors (Lipinski definition) is 4. The first-order valence-electron chi connectivity index (χ1n) is 5.40. The summed E-state index contributed by atoms with van der Waals surface area (Å²) >= 11 is 1.79. The summed E-state index contributed by atoms with van der Waals surface area (Å²) in [5.41, 5.74) is 0. The minimum Gasteiger partial charge on any atom is -0.317 e. The summed E-state index contributed by atoms with van der Waals surface area (Å²) < 4.78 is 0.